The number of aliphatic imine (C=N–C) groups is 1. The summed E-state index contributed by atoms with van der Waals surface area (Å²) in [5, 5.41) is 11.1. The summed E-state index contributed by atoms with van der Waals surface area (Å²) in [4.78, 5) is 7.63. The summed E-state index contributed by atoms with van der Waals surface area (Å²) in [5.74, 6) is 1.55. The normalized spacial score (nSPS) is 24.8. The molecule has 3 rings (SSSR count). The van der Waals surface area contributed by atoms with Crippen LogP contribution in [-0.4, -0.2) is 67.9 Å². The van der Waals surface area contributed by atoms with Crippen molar-refractivity contribution in [3.8, 4) is 0 Å². The number of guanidine groups is 1. The standard InChI is InChI=1S/C25H43N5O.HI/c1-6-26-24(28-23-17-30(19(2)3)16-20(23)4)27-18-25(12-14-31-15-13-25)29-21(5)22-10-8-7-9-11-22;/h7-11,19-21,23,29H,6,12-18H2,1-5H3,(H2,26,27,28);1H. The molecule has 0 radical (unpaired) electrons. The van der Waals surface area contributed by atoms with E-state index in [1.807, 2.05) is 0 Å². The highest BCUT2D eigenvalue weighted by Gasteiger charge is 2.35. The second-order valence-corrected chi connectivity index (χ2v) is 9.64. The fourth-order valence-electron chi connectivity index (χ4n) is 4.73. The number of nitrogens with one attached hydrogen (secondary N) is 3. The number of hydrogen-bond acceptors (Lipinski definition) is 4. The van der Waals surface area contributed by atoms with E-state index in [1.54, 1.807) is 0 Å². The monoisotopic (exact) mass is 557 g/mol. The quantitative estimate of drug-likeness (QED) is 0.258. The van der Waals surface area contributed by atoms with Crippen molar-refractivity contribution in [3.63, 3.8) is 0 Å². The Morgan fingerprint density at radius 2 is 1.84 bits per heavy atom. The molecule has 32 heavy (non-hydrogen) atoms. The summed E-state index contributed by atoms with van der Waals surface area (Å²) >= 11 is 0. The molecule has 0 amide bonds. The first-order valence-corrected chi connectivity index (χ1v) is 12.1. The number of likely N-dealkylation sites (tertiary alicyclic amines) is 1. The summed E-state index contributed by atoms with van der Waals surface area (Å²) in [6.45, 7) is 16.7. The van der Waals surface area contributed by atoms with E-state index in [0.717, 1.165) is 58.2 Å². The van der Waals surface area contributed by atoms with Crippen LogP contribution in [0.25, 0.3) is 0 Å². The van der Waals surface area contributed by atoms with E-state index >= 15 is 0 Å². The van der Waals surface area contributed by atoms with Gasteiger partial charge in [0.15, 0.2) is 5.96 Å². The SMILES string of the molecule is CCNC(=NCC1(NC(C)c2ccccc2)CCOCC1)NC1CN(C(C)C)CC1C.I. The van der Waals surface area contributed by atoms with Gasteiger partial charge in [0.2, 0.25) is 0 Å². The lowest BCUT2D eigenvalue weighted by Crippen LogP contribution is -2.54. The maximum absolute atomic E-state index is 5.70. The van der Waals surface area contributed by atoms with Crippen molar-refractivity contribution in [1.82, 2.24) is 20.9 Å². The summed E-state index contributed by atoms with van der Waals surface area (Å²) in [5.41, 5.74) is 1.28. The zero-order chi connectivity index (χ0) is 22.3. The molecule has 2 fully saturated rings. The van der Waals surface area contributed by atoms with Gasteiger partial charge in [0.05, 0.1) is 6.54 Å². The Kier molecular flexibility index (Phi) is 11.2. The molecule has 0 bridgehead atoms. The molecule has 0 spiro atoms. The second-order valence-electron chi connectivity index (χ2n) is 9.64. The van der Waals surface area contributed by atoms with E-state index in [4.69, 9.17) is 9.73 Å². The predicted octanol–water partition coefficient (Wildman–Crippen LogP) is 3.79. The van der Waals surface area contributed by atoms with Gasteiger partial charge < -0.3 is 20.7 Å². The average molecular weight is 558 g/mol. The molecule has 2 heterocycles. The van der Waals surface area contributed by atoms with Crippen LogP contribution >= 0.6 is 24.0 Å². The average Bonchev–Trinajstić information content (AvgIpc) is 3.14. The van der Waals surface area contributed by atoms with E-state index in [2.05, 4.69) is 85.8 Å². The van der Waals surface area contributed by atoms with Gasteiger partial charge in [-0.2, -0.15) is 0 Å². The van der Waals surface area contributed by atoms with E-state index < -0.39 is 0 Å². The van der Waals surface area contributed by atoms with Crippen molar-refractivity contribution in [3.05, 3.63) is 35.9 Å². The Labute approximate surface area is 212 Å². The molecular formula is C25H44IN5O. The maximum Gasteiger partial charge on any atom is 0.191 e. The summed E-state index contributed by atoms with van der Waals surface area (Å²) in [7, 11) is 0. The topological polar surface area (TPSA) is 60.9 Å². The Hall–Kier alpha value is -0.900. The van der Waals surface area contributed by atoms with Crippen molar-refractivity contribution in [2.45, 2.75) is 71.1 Å². The van der Waals surface area contributed by atoms with E-state index in [9.17, 15) is 0 Å². The lowest BCUT2D eigenvalue weighted by Gasteiger charge is -2.39. The molecule has 0 aliphatic carbocycles. The Bertz CT molecular complexity index is 693. The molecule has 2 saturated heterocycles. The number of benzene rings is 1. The van der Waals surface area contributed by atoms with E-state index in [1.165, 1.54) is 5.56 Å². The third-order valence-electron chi connectivity index (χ3n) is 6.85. The van der Waals surface area contributed by atoms with Gasteiger partial charge in [0.25, 0.3) is 0 Å². The number of nitrogens with zero attached hydrogens (tertiary/aromatic N) is 2. The van der Waals surface area contributed by atoms with Crippen LogP contribution in [0.4, 0.5) is 0 Å². The number of hydrogen-bond donors (Lipinski definition) is 3. The first kappa shape index (κ1) is 27.3. The molecule has 0 saturated carbocycles. The van der Waals surface area contributed by atoms with Gasteiger partial charge in [-0.3, -0.25) is 9.89 Å². The highest BCUT2D eigenvalue weighted by molar-refractivity contribution is 14.0. The lowest BCUT2D eigenvalue weighted by atomic mass is 9.88. The van der Waals surface area contributed by atoms with Gasteiger partial charge in [0.1, 0.15) is 0 Å². The van der Waals surface area contributed by atoms with Crippen molar-refractivity contribution in [2.75, 3.05) is 39.4 Å². The summed E-state index contributed by atoms with van der Waals surface area (Å²) in [6.07, 6.45) is 1.96. The molecule has 1 aromatic carbocycles. The molecule has 3 atom stereocenters. The van der Waals surface area contributed by atoms with Crippen LogP contribution in [0.1, 0.15) is 59.1 Å². The van der Waals surface area contributed by atoms with Gasteiger partial charge in [-0.1, -0.05) is 37.3 Å². The zero-order valence-electron chi connectivity index (χ0n) is 20.6. The maximum atomic E-state index is 5.70. The van der Waals surface area contributed by atoms with Crippen LogP contribution < -0.4 is 16.0 Å². The second kappa shape index (κ2) is 13.1. The number of halogens is 1. The van der Waals surface area contributed by atoms with Gasteiger partial charge in [-0.05, 0) is 52.0 Å². The van der Waals surface area contributed by atoms with Crippen LogP contribution in [0.2, 0.25) is 0 Å². The van der Waals surface area contributed by atoms with Crippen molar-refractivity contribution in [2.24, 2.45) is 10.9 Å². The molecule has 2 aliphatic heterocycles. The highest BCUT2D eigenvalue weighted by Crippen LogP contribution is 2.26. The third kappa shape index (κ3) is 7.57. The predicted molar refractivity (Wildman–Crippen MR) is 145 cm³/mol. The van der Waals surface area contributed by atoms with Gasteiger partial charge >= 0.3 is 0 Å². The molecule has 3 unspecified atom stereocenters. The lowest BCUT2D eigenvalue weighted by molar-refractivity contribution is 0.0374. The Morgan fingerprint density at radius 1 is 1.16 bits per heavy atom. The van der Waals surface area contributed by atoms with Crippen LogP contribution in [0.3, 0.4) is 0 Å². The minimum atomic E-state index is -0.0406. The molecular weight excluding hydrogens is 513 g/mol. The highest BCUT2D eigenvalue weighted by atomic mass is 127. The van der Waals surface area contributed by atoms with Crippen molar-refractivity contribution >= 4 is 29.9 Å². The fourth-order valence-corrected chi connectivity index (χ4v) is 4.73. The smallest absolute Gasteiger partial charge is 0.191 e. The van der Waals surface area contributed by atoms with E-state index in [0.29, 0.717) is 18.0 Å². The summed E-state index contributed by atoms with van der Waals surface area (Å²) < 4.78 is 5.70. The fraction of sp³-hybridized carbons (Fsp3) is 0.720. The summed E-state index contributed by atoms with van der Waals surface area (Å²) in [6, 6.07) is 12.0. The number of rotatable bonds is 8. The molecule has 7 heteroatoms. The zero-order valence-corrected chi connectivity index (χ0v) is 22.9. The molecule has 1 aromatic rings. The first-order valence-electron chi connectivity index (χ1n) is 12.1. The number of ether oxygens (including phenoxy) is 1. The van der Waals surface area contributed by atoms with Gasteiger partial charge in [0, 0.05) is 56.5 Å². The molecule has 2 aliphatic rings. The first-order chi connectivity index (χ1) is 14.9. The minimum Gasteiger partial charge on any atom is -0.381 e. The van der Waals surface area contributed by atoms with Crippen LogP contribution in [0, 0.1) is 5.92 Å². The van der Waals surface area contributed by atoms with Crippen molar-refractivity contribution in [1.29, 1.82) is 0 Å². The Morgan fingerprint density at radius 3 is 2.44 bits per heavy atom. The van der Waals surface area contributed by atoms with Crippen LogP contribution in [0.5, 0.6) is 0 Å². The minimum absolute atomic E-state index is 0. The van der Waals surface area contributed by atoms with E-state index in [-0.39, 0.29) is 35.6 Å². The van der Waals surface area contributed by atoms with Crippen molar-refractivity contribution < 1.29 is 4.74 Å². The third-order valence-corrected chi connectivity index (χ3v) is 6.85. The van der Waals surface area contributed by atoms with Gasteiger partial charge in [-0.15, -0.1) is 24.0 Å². The largest absolute Gasteiger partial charge is 0.381 e. The van der Waals surface area contributed by atoms with Gasteiger partial charge in [-0.25, -0.2) is 0 Å². The van der Waals surface area contributed by atoms with Crippen LogP contribution in [0.15, 0.2) is 35.3 Å². The molecule has 0 aromatic heterocycles. The molecule has 182 valence electrons. The van der Waals surface area contributed by atoms with Crippen LogP contribution in [-0.2, 0) is 4.74 Å². The molecule has 3 N–H and O–H groups in total. The molecule has 6 nitrogen and oxygen atoms in total. The Balaban J connectivity index is 0.00000363.